The Hall–Kier alpha value is -2.80. The molecule has 0 heterocycles. The molecule has 3 aromatic carbocycles. The summed E-state index contributed by atoms with van der Waals surface area (Å²) in [5.41, 5.74) is 0.844. The van der Waals surface area contributed by atoms with Gasteiger partial charge in [-0.3, -0.25) is 4.31 Å². The van der Waals surface area contributed by atoms with Gasteiger partial charge in [-0.2, -0.15) is 0 Å². The molecule has 0 aliphatic heterocycles. The molecule has 3 rings (SSSR count). The molecule has 0 unspecified atom stereocenters. The van der Waals surface area contributed by atoms with E-state index in [1.165, 1.54) is 30.3 Å². The van der Waals surface area contributed by atoms with E-state index >= 15 is 0 Å². The van der Waals surface area contributed by atoms with E-state index in [-0.39, 0.29) is 17.1 Å². The molecule has 0 fully saturated rings. The minimum Gasteiger partial charge on any atom is -0.262 e. The van der Waals surface area contributed by atoms with Crippen LogP contribution in [-0.4, -0.2) is 8.42 Å². The molecule has 0 bridgehead atoms. The zero-order chi connectivity index (χ0) is 19.6. The van der Waals surface area contributed by atoms with Gasteiger partial charge in [-0.05, 0) is 66.6 Å². The topological polar surface area (TPSA) is 37.4 Å². The second kappa shape index (κ2) is 7.44. The zero-order valence-corrected chi connectivity index (χ0v) is 15.2. The van der Waals surface area contributed by atoms with Crippen molar-refractivity contribution in [2.75, 3.05) is 4.31 Å². The van der Waals surface area contributed by atoms with Crippen LogP contribution in [0.3, 0.4) is 0 Å². The van der Waals surface area contributed by atoms with Crippen LogP contribution < -0.4 is 4.31 Å². The Bertz CT molecular complexity index is 1070. The maximum atomic E-state index is 14.1. The summed E-state index contributed by atoms with van der Waals surface area (Å²) < 4.78 is 68.0. The van der Waals surface area contributed by atoms with Crippen LogP contribution in [0, 0.1) is 24.4 Å². The maximum absolute atomic E-state index is 14.1. The van der Waals surface area contributed by atoms with Crippen molar-refractivity contribution in [3.8, 4) is 0 Å². The third-order valence-electron chi connectivity index (χ3n) is 4.06. The van der Waals surface area contributed by atoms with Crippen molar-refractivity contribution in [1.82, 2.24) is 0 Å². The fourth-order valence-corrected chi connectivity index (χ4v) is 4.03. The summed E-state index contributed by atoms with van der Waals surface area (Å²) in [7, 11) is -4.13. The lowest BCUT2D eigenvalue weighted by Crippen LogP contribution is -2.30. The van der Waals surface area contributed by atoms with E-state index in [0.717, 1.165) is 34.6 Å². The van der Waals surface area contributed by atoms with E-state index in [0.29, 0.717) is 11.1 Å². The Labute approximate surface area is 155 Å². The van der Waals surface area contributed by atoms with Crippen LogP contribution in [0.5, 0.6) is 0 Å². The van der Waals surface area contributed by atoms with Gasteiger partial charge >= 0.3 is 0 Å². The SMILES string of the molecule is Cc1ccc(N(Cc2cccc(F)c2)S(=O)(=O)c2ccc(F)cc2)cc1F. The Morgan fingerprint density at radius 1 is 0.852 bits per heavy atom. The lowest BCUT2D eigenvalue weighted by atomic mass is 10.2. The van der Waals surface area contributed by atoms with Crippen LogP contribution in [0.4, 0.5) is 18.9 Å². The van der Waals surface area contributed by atoms with Gasteiger partial charge in [0.25, 0.3) is 10.0 Å². The van der Waals surface area contributed by atoms with Crippen LogP contribution in [-0.2, 0) is 16.6 Å². The number of nitrogens with zero attached hydrogens (tertiary/aromatic N) is 1. The molecular weight excluding hydrogens is 375 g/mol. The molecular formula is C20H16F3NO2S. The number of aryl methyl sites for hydroxylation is 1. The molecule has 0 N–H and O–H groups in total. The minimum atomic E-state index is -4.13. The fraction of sp³-hybridized carbons (Fsp3) is 0.100. The summed E-state index contributed by atoms with van der Waals surface area (Å²) in [5, 5.41) is 0. The van der Waals surface area contributed by atoms with Crippen molar-refractivity contribution in [2.45, 2.75) is 18.4 Å². The first kappa shape index (κ1) is 19.0. The number of hydrogen-bond donors (Lipinski definition) is 0. The van der Waals surface area contributed by atoms with Crippen molar-refractivity contribution < 1.29 is 21.6 Å². The average molecular weight is 391 g/mol. The molecule has 140 valence electrons. The van der Waals surface area contributed by atoms with Gasteiger partial charge in [-0.1, -0.05) is 18.2 Å². The first-order chi connectivity index (χ1) is 12.8. The lowest BCUT2D eigenvalue weighted by Gasteiger charge is -2.25. The largest absolute Gasteiger partial charge is 0.264 e. The van der Waals surface area contributed by atoms with Crippen molar-refractivity contribution >= 4 is 15.7 Å². The normalized spacial score (nSPS) is 11.4. The second-order valence-corrected chi connectivity index (χ2v) is 7.89. The number of halogens is 3. The highest BCUT2D eigenvalue weighted by Crippen LogP contribution is 2.27. The number of rotatable bonds is 5. The third kappa shape index (κ3) is 4.14. The Morgan fingerprint density at radius 2 is 1.56 bits per heavy atom. The molecule has 0 saturated carbocycles. The van der Waals surface area contributed by atoms with E-state index < -0.39 is 27.5 Å². The number of anilines is 1. The number of sulfonamides is 1. The third-order valence-corrected chi connectivity index (χ3v) is 5.85. The van der Waals surface area contributed by atoms with Crippen LogP contribution in [0.15, 0.2) is 71.6 Å². The quantitative estimate of drug-likeness (QED) is 0.626. The van der Waals surface area contributed by atoms with Crippen LogP contribution in [0.25, 0.3) is 0 Å². The average Bonchev–Trinajstić information content (AvgIpc) is 2.62. The Morgan fingerprint density at radius 3 is 2.19 bits per heavy atom. The van der Waals surface area contributed by atoms with Crippen LogP contribution in [0.1, 0.15) is 11.1 Å². The van der Waals surface area contributed by atoms with E-state index in [1.54, 1.807) is 13.0 Å². The Balaban J connectivity index is 2.11. The summed E-state index contributed by atoms with van der Waals surface area (Å²) in [4.78, 5) is -0.152. The molecule has 0 aliphatic carbocycles. The molecule has 0 spiro atoms. The molecule has 0 radical (unpaired) electrons. The highest BCUT2D eigenvalue weighted by molar-refractivity contribution is 7.92. The lowest BCUT2D eigenvalue weighted by molar-refractivity contribution is 0.587. The Kier molecular flexibility index (Phi) is 5.23. The van der Waals surface area contributed by atoms with Crippen molar-refractivity contribution in [3.63, 3.8) is 0 Å². The van der Waals surface area contributed by atoms with Gasteiger partial charge < -0.3 is 0 Å². The molecule has 0 aliphatic rings. The van der Waals surface area contributed by atoms with Crippen molar-refractivity contribution in [3.05, 3.63) is 95.3 Å². The summed E-state index contributed by atoms with van der Waals surface area (Å²) in [6.45, 7) is 1.35. The summed E-state index contributed by atoms with van der Waals surface area (Å²) in [6, 6.07) is 13.8. The molecule has 0 atom stereocenters. The second-order valence-electron chi connectivity index (χ2n) is 6.03. The monoisotopic (exact) mass is 391 g/mol. The molecule has 27 heavy (non-hydrogen) atoms. The number of benzene rings is 3. The molecule has 0 amide bonds. The van der Waals surface area contributed by atoms with Crippen LogP contribution >= 0.6 is 0 Å². The molecule has 0 saturated heterocycles. The zero-order valence-electron chi connectivity index (χ0n) is 14.4. The first-order valence-corrected chi connectivity index (χ1v) is 9.50. The van der Waals surface area contributed by atoms with Gasteiger partial charge in [0.05, 0.1) is 17.1 Å². The van der Waals surface area contributed by atoms with Gasteiger partial charge in [0.2, 0.25) is 0 Å². The van der Waals surface area contributed by atoms with E-state index in [1.807, 2.05) is 0 Å². The van der Waals surface area contributed by atoms with Crippen molar-refractivity contribution in [1.29, 1.82) is 0 Å². The van der Waals surface area contributed by atoms with E-state index in [4.69, 9.17) is 0 Å². The summed E-state index contributed by atoms with van der Waals surface area (Å²) in [6.07, 6.45) is 0. The van der Waals surface area contributed by atoms with Crippen molar-refractivity contribution in [2.24, 2.45) is 0 Å². The molecule has 3 nitrogen and oxygen atoms in total. The predicted octanol–water partition coefficient (Wildman–Crippen LogP) is 4.81. The molecule has 0 aromatic heterocycles. The van der Waals surface area contributed by atoms with Gasteiger partial charge in [0.1, 0.15) is 17.5 Å². The highest BCUT2D eigenvalue weighted by Gasteiger charge is 2.26. The fourth-order valence-electron chi connectivity index (χ4n) is 2.59. The standard InChI is InChI=1S/C20H16F3NO2S/c1-14-5-8-18(12-20(14)23)24(13-15-3-2-4-17(22)11-15)27(25,26)19-9-6-16(21)7-10-19/h2-12H,13H2,1H3. The molecule has 7 heteroatoms. The minimum absolute atomic E-state index is 0.0895. The van der Waals surface area contributed by atoms with Gasteiger partial charge in [-0.15, -0.1) is 0 Å². The highest BCUT2D eigenvalue weighted by atomic mass is 32.2. The predicted molar refractivity (Wildman–Crippen MR) is 97.3 cm³/mol. The smallest absolute Gasteiger partial charge is 0.262 e. The number of hydrogen-bond acceptors (Lipinski definition) is 2. The van der Waals surface area contributed by atoms with Gasteiger partial charge in [0.15, 0.2) is 0 Å². The van der Waals surface area contributed by atoms with E-state index in [2.05, 4.69) is 0 Å². The first-order valence-electron chi connectivity index (χ1n) is 8.06. The molecule has 3 aromatic rings. The van der Waals surface area contributed by atoms with Gasteiger partial charge in [0, 0.05) is 0 Å². The van der Waals surface area contributed by atoms with Crippen LogP contribution in [0.2, 0.25) is 0 Å². The van der Waals surface area contributed by atoms with E-state index in [9.17, 15) is 21.6 Å². The summed E-state index contributed by atoms with van der Waals surface area (Å²) >= 11 is 0. The van der Waals surface area contributed by atoms with Gasteiger partial charge in [-0.25, -0.2) is 21.6 Å². The maximum Gasteiger partial charge on any atom is 0.264 e. The summed E-state index contributed by atoms with van der Waals surface area (Å²) in [5.74, 6) is -1.65.